The lowest BCUT2D eigenvalue weighted by Gasteiger charge is -2.45. The molecular formula is C9H14N2O. The van der Waals surface area contributed by atoms with Gasteiger partial charge in [-0.05, 0) is 20.3 Å². The van der Waals surface area contributed by atoms with E-state index in [2.05, 4.69) is 23.9 Å². The highest BCUT2D eigenvalue weighted by atomic mass is 16.5. The molecule has 1 aromatic heterocycles. The average molecular weight is 166 g/mol. The van der Waals surface area contributed by atoms with Crippen LogP contribution >= 0.6 is 0 Å². The minimum Gasteiger partial charge on any atom is -0.364 e. The van der Waals surface area contributed by atoms with Crippen molar-refractivity contribution in [2.45, 2.75) is 38.9 Å². The lowest BCUT2D eigenvalue weighted by atomic mass is 9.95. The molecule has 0 N–H and O–H groups in total. The van der Waals surface area contributed by atoms with E-state index in [1.165, 1.54) is 6.42 Å². The first-order chi connectivity index (χ1) is 5.77. The smallest absolute Gasteiger partial charge is 0.124 e. The molecule has 0 aliphatic carbocycles. The van der Waals surface area contributed by atoms with Crippen molar-refractivity contribution in [1.82, 2.24) is 10.1 Å². The van der Waals surface area contributed by atoms with Gasteiger partial charge in [0.05, 0.1) is 5.69 Å². The zero-order valence-electron chi connectivity index (χ0n) is 7.53. The third-order valence-corrected chi connectivity index (χ3v) is 2.65. The fourth-order valence-corrected chi connectivity index (χ4v) is 1.88. The van der Waals surface area contributed by atoms with Crippen LogP contribution in [0, 0.1) is 0 Å². The summed E-state index contributed by atoms with van der Waals surface area (Å²) in [6.07, 6.45) is 2.93. The number of nitrogens with zero attached hydrogens (tertiary/aromatic N) is 2. The molecule has 0 spiro atoms. The summed E-state index contributed by atoms with van der Waals surface area (Å²) in [5, 5.41) is 3.89. The summed E-state index contributed by atoms with van der Waals surface area (Å²) >= 11 is 0. The maximum atomic E-state index is 4.78. The van der Waals surface area contributed by atoms with E-state index in [9.17, 15) is 0 Å². The van der Waals surface area contributed by atoms with Gasteiger partial charge in [-0.1, -0.05) is 5.16 Å². The lowest BCUT2D eigenvalue weighted by Crippen LogP contribution is -2.51. The molecule has 3 nitrogen and oxygen atoms in total. The van der Waals surface area contributed by atoms with Crippen LogP contribution in [0.25, 0.3) is 0 Å². The van der Waals surface area contributed by atoms with Gasteiger partial charge < -0.3 is 4.52 Å². The molecule has 1 aromatic rings. The Morgan fingerprint density at radius 1 is 1.58 bits per heavy atom. The quantitative estimate of drug-likeness (QED) is 0.669. The Labute approximate surface area is 72.3 Å². The molecule has 2 atom stereocenters. The topological polar surface area (TPSA) is 29.3 Å². The Bertz CT molecular complexity index is 237. The van der Waals surface area contributed by atoms with Crippen LogP contribution in [0.5, 0.6) is 0 Å². The first kappa shape index (κ1) is 7.80. The van der Waals surface area contributed by atoms with Crippen molar-refractivity contribution in [2.75, 3.05) is 0 Å². The minimum atomic E-state index is 0.705. The maximum absolute atomic E-state index is 4.78. The first-order valence-electron chi connectivity index (χ1n) is 4.42. The van der Waals surface area contributed by atoms with E-state index in [4.69, 9.17) is 4.52 Å². The van der Waals surface area contributed by atoms with Gasteiger partial charge in [0, 0.05) is 24.7 Å². The number of hydrogen-bond donors (Lipinski definition) is 0. The van der Waals surface area contributed by atoms with E-state index in [1.807, 2.05) is 6.07 Å². The van der Waals surface area contributed by atoms with Crippen LogP contribution in [0.4, 0.5) is 0 Å². The van der Waals surface area contributed by atoms with Gasteiger partial charge in [-0.25, -0.2) is 0 Å². The van der Waals surface area contributed by atoms with Crippen LogP contribution in [0.15, 0.2) is 16.9 Å². The molecule has 2 unspecified atom stereocenters. The zero-order chi connectivity index (χ0) is 8.55. The van der Waals surface area contributed by atoms with Gasteiger partial charge in [0.1, 0.15) is 6.26 Å². The molecule has 2 rings (SSSR count). The number of likely N-dealkylation sites (tertiary alicyclic amines) is 1. The van der Waals surface area contributed by atoms with Crippen molar-refractivity contribution >= 4 is 0 Å². The largest absolute Gasteiger partial charge is 0.364 e. The van der Waals surface area contributed by atoms with Crippen LogP contribution in [0.2, 0.25) is 0 Å². The van der Waals surface area contributed by atoms with Gasteiger partial charge in [-0.15, -0.1) is 0 Å². The van der Waals surface area contributed by atoms with Crippen molar-refractivity contribution in [1.29, 1.82) is 0 Å². The number of hydrogen-bond acceptors (Lipinski definition) is 3. The van der Waals surface area contributed by atoms with E-state index in [0.29, 0.717) is 12.1 Å². The summed E-state index contributed by atoms with van der Waals surface area (Å²) in [5.74, 6) is 0. The fourth-order valence-electron chi connectivity index (χ4n) is 1.88. The number of aromatic nitrogens is 1. The van der Waals surface area contributed by atoms with Crippen molar-refractivity contribution in [3.63, 3.8) is 0 Å². The Balaban J connectivity index is 1.95. The molecule has 2 heterocycles. The molecule has 0 aromatic carbocycles. The fraction of sp³-hybridized carbons (Fsp3) is 0.667. The Kier molecular flexibility index (Phi) is 1.89. The predicted octanol–water partition coefficient (Wildman–Crippen LogP) is 1.66. The van der Waals surface area contributed by atoms with Crippen molar-refractivity contribution in [2.24, 2.45) is 0 Å². The van der Waals surface area contributed by atoms with Crippen molar-refractivity contribution in [3.8, 4) is 0 Å². The van der Waals surface area contributed by atoms with Gasteiger partial charge in [-0.2, -0.15) is 0 Å². The van der Waals surface area contributed by atoms with Crippen LogP contribution in [-0.4, -0.2) is 22.1 Å². The molecule has 66 valence electrons. The molecule has 3 heteroatoms. The SMILES string of the molecule is CC1CC(C)N1Cc1ccon1. The summed E-state index contributed by atoms with van der Waals surface area (Å²) in [7, 11) is 0. The van der Waals surface area contributed by atoms with Gasteiger partial charge >= 0.3 is 0 Å². The maximum Gasteiger partial charge on any atom is 0.124 e. The van der Waals surface area contributed by atoms with Crippen molar-refractivity contribution < 1.29 is 4.52 Å². The van der Waals surface area contributed by atoms with E-state index in [0.717, 1.165) is 12.2 Å². The molecule has 0 saturated carbocycles. The second kappa shape index (κ2) is 2.90. The van der Waals surface area contributed by atoms with E-state index in [-0.39, 0.29) is 0 Å². The molecule has 0 radical (unpaired) electrons. The summed E-state index contributed by atoms with van der Waals surface area (Å²) in [4.78, 5) is 2.43. The standard InChI is InChI=1S/C9H14N2O/c1-7-5-8(2)11(7)6-9-3-4-12-10-9/h3-4,7-8H,5-6H2,1-2H3. The van der Waals surface area contributed by atoms with E-state index < -0.39 is 0 Å². The summed E-state index contributed by atoms with van der Waals surface area (Å²) in [6.45, 7) is 5.43. The van der Waals surface area contributed by atoms with Crippen LogP contribution in [-0.2, 0) is 6.54 Å². The van der Waals surface area contributed by atoms with E-state index >= 15 is 0 Å². The first-order valence-corrected chi connectivity index (χ1v) is 4.42. The lowest BCUT2D eigenvalue weighted by molar-refractivity contribution is 0.0275. The summed E-state index contributed by atoms with van der Waals surface area (Å²) < 4.78 is 4.78. The second-order valence-corrected chi connectivity index (χ2v) is 3.60. The molecule has 1 fully saturated rings. The highest BCUT2D eigenvalue weighted by Crippen LogP contribution is 2.26. The Hall–Kier alpha value is -0.830. The van der Waals surface area contributed by atoms with Crippen LogP contribution in [0.1, 0.15) is 26.0 Å². The van der Waals surface area contributed by atoms with Crippen LogP contribution in [0.3, 0.4) is 0 Å². The van der Waals surface area contributed by atoms with Crippen LogP contribution < -0.4 is 0 Å². The van der Waals surface area contributed by atoms with Gasteiger partial charge in [0.15, 0.2) is 0 Å². The minimum absolute atomic E-state index is 0.705. The third-order valence-electron chi connectivity index (χ3n) is 2.65. The summed E-state index contributed by atoms with van der Waals surface area (Å²) in [5.41, 5.74) is 1.04. The molecule has 0 amide bonds. The molecule has 1 saturated heterocycles. The van der Waals surface area contributed by atoms with Gasteiger partial charge in [0.25, 0.3) is 0 Å². The predicted molar refractivity (Wildman–Crippen MR) is 45.6 cm³/mol. The molecule has 1 aliphatic rings. The molecule has 0 bridgehead atoms. The normalized spacial score (nSPS) is 30.2. The zero-order valence-corrected chi connectivity index (χ0v) is 7.53. The third kappa shape index (κ3) is 1.25. The average Bonchev–Trinajstić information content (AvgIpc) is 2.52. The van der Waals surface area contributed by atoms with Gasteiger partial charge in [-0.3, -0.25) is 4.90 Å². The Morgan fingerprint density at radius 2 is 2.33 bits per heavy atom. The molecule has 12 heavy (non-hydrogen) atoms. The monoisotopic (exact) mass is 166 g/mol. The second-order valence-electron chi connectivity index (χ2n) is 3.60. The molecular weight excluding hydrogens is 152 g/mol. The van der Waals surface area contributed by atoms with Crippen molar-refractivity contribution in [3.05, 3.63) is 18.0 Å². The van der Waals surface area contributed by atoms with Gasteiger partial charge in [0.2, 0.25) is 0 Å². The summed E-state index contributed by atoms with van der Waals surface area (Å²) in [6, 6.07) is 3.34. The highest BCUT2D eigenvalue weighted by molar-refractivity contribution is 4.99. The molecule has 1 aliphatic heterocycles. The Morgan fingerprint density at radius 3 is 2.83 bits per heavy atom. The number of rotatable bonds is 2. The highest BCUT2D eigenvalue weighted by Gasteiger charge is 2.31. The van der Waals surface area contributed by atoms with E-state index in [1.54, 1.807) is 6.26 Å².